The Morgan fingerprint density at radius 1 is 1.31 bits per heavy atom. The summed E-state index contributed by atoms with van der Waals surface area (Å²) in [6, 6.07) is 0.233. The molecule has 0 heterocycles. The smallest absolute Gasteiger partial charge is 0.308 e. The molecule has 0 radical (unpaired) electrons. The van der Waals surface area contributed by atoms with Crippen LogP contribution in [0.25, 0.3) is 0 Å². The highest BCUT2D eigenvalue weighted by molar-refractivity contribution is 5.72. The molecule has 2 aliphatic carbocycles. The second-order valence-corrected chi connectivity index (χ2v) is 5.88. The Kier molecular flexibility index (Phi) is 3.53. The molecule has 3 heteroatoms. The molecule has 2 saturated carbocycles. The first-order chi connectivity index (χ1) is 7.61. The van der Waals surface area contributed by atoms with Crippen LogP contribution in [0.3, 0.4) is 0 Å². The molecule has 2 N–H and O–H groups in total. The van der Waals surface area contributed by atoms with E-state index in [0.29, 0.717) is 5.41 Å². The van der Waals surface area contributed by atoms with Crippen LogP contribution < -0.4 is 5.32 Å². The van der Waals surface area contributed by atoms with E-state index < -0.39 is 5.97 Å². The lowest BCUT2D eigenvalue weighted by molar-refractivity contribution is -0.146. The number of rotatable bonds is 4. The molecule has 2 unspecified atom stereocenters. The van der Waals surface area contributed by atoms with Crippen LogP contribution in [0.2, 0.25) is 0 Å². The largest absolute Gasteiger partial charge is 0.481 e. The minimum absolute atomic E-state index is 0.132. The third-order valence-corrected chi connectivity index (χ3v) is 4.44. The number of hydrogen-bond acceptors (Lipinski definition) is 2. The zero-order valence-electron chi connectivity index (χ0n) is 10.2. The van der Waals surface area contributed by atoms with Gasteiger partial charge in [-0.25, -0.2) is 0 Å². The number of nitrogens with one attached hydrogen (secondary N) is 1. The Balaban J connectivity index is 1.76. The van der Waals surface area contributed by atoms with Gasteiger partial charge in [0, 0.05) is 12.6 Å². The Labute approximate surface area is 97.6 Å². The van der Waals surface area contributed by atoms with Crippen LogP contribution in [0.5, 0.6) is 0 Å². The number of carbonyl (C=O) groups is 1. The zero-order valence-corrected chi connectivity index (χ0v) is 10.2. The Morgan fingerprint density at radius 2 is 2.00 bits per heavy atom. The molecule has 2 fully saturated rings. The van der Waals surface area contributed by atoms with Crippen molar-refractivity contribution >= 4 is 5.97 Å². The number of aliphatic carboxylic acids is 1. The van der Waals surface area contributed by atoms with E-state index in [1.807, 2.05) is 0 Å². The molecular weight excluding hydrogens is 202 g/mol. The van der Waals surface area contributed by atoms with Gasteiger partial charge in [-0.1, -0.05) is 26.2 Å². The van der Waals surface area contributed by atoms with Crippen LogP contribution in [-0.2, 0) is 4.79 Å². The molecule has 0 aromatic carbocycles. The maximum atomic E-state index is 10.9. The summed E-state index contributed by atoms with van der Waals surface area (Å²) in [6.07, 6.45) is 8.53. The Hall–Kier alpha value is -0.570. The first kappa shape index (κ1) is 11.9. The van der Waals surface area contributed by atoms with Gasteiger partial charge in [-0.3, -0.25) is 4.79 Å². The molecule has 2 atom stereocenters. The fourth-order valence-corrected chi connectivity index (χ4v) is 3.00. The lowest BCUT2D eigenvalue weighted by Crippen LogP contribution is -2.50. The minimum atomic E-state index is -0.627. The highest BCUT2D eigenvalue weighted by Gasteiger charge is 2.37. The standard InChI is InChI=1S/C13H23NO2/c1-13(7-3-2-4-8-13)9-14-11-6-5-10(11)12(15)16/h10-11,14H,2-9H2,1H3,(H,15,16). The topological polar surface area (TPSA) is 49.3 Å². The first-order valence-electron chi connectivity index (χ1n) is 6.57. The van der Waals surface area contributed by atoms with Gasteiger partial charge < -0.3 is 10.4 Å². The minimum Gasteiger partial charge on any atom is -0.481 e. The second kappa shape index (κ2) is 4.74. The maximum Gasteiger partial charge on any atom is 0.308 e. The predicted octanol–water partition coefficient (Wildman–Crippen LogP) is 2.41. The molecule has 92 valence electrons. The maximum absolute atomic E-state index is 10.9. The molecular formula is C13H23NO2. The third-order valence-electron chi connectivity index (χ3n) is 4.44. The lowest BCUT2D eigenvalue weighted by atomic mass is 9.74. The molecule has 0 spiro atoms. The number of carboxylic acid groups (broad SMARTS) is 1. The molecule has 16 heavy (non-hydrogen) atoms. The third kappa shape index (κ3) is 2.57. The Bertz CT molecular complexity index is 259. The molecule has 0 amide bonds. The highest BCUT2D eigenvalue weighted by atomic mass is 16.4. The van der Waals surface area contributed by atoms with Crippen molar-refractivity contribution in [3.63, 3.8) is 0 Å². The van der Waals surface area contributed by atoms with Gasteiger partial charge >= 0.3 is 5.97 Å². The van der Waals surface area contributed by atoms with E-state index in [-0.39, 0.29) is 12.0 Å². The van der Waals surface area contributed by atoms with E-state index in [0.717, 1.165) is 19.4 Å². The number of hydrogen-bond donors (Lipinski definition) is 2. The van der Waals surface area contributed by atoms with Crippen LogP contribution in [0.15, 0.2) is 0 Å². The molecule has 0 aromatic rings. The quantitative estimate of drug-likeness (QED) is 0.772. The fraction of sp³-hybridized carbons (Fsp3) is 0.923. The van der Waals surface area contributed by atoms with E-state index in [1.54, 1.807) is 0 Å². The van der Waals surface area contributed by atoms with Gasteiger partial charge in [0.15, 0.2) is 0 Å². The van der Waals surface area contributed by atoms with E-state index in [2.05, 4.69) is 12.2 Å². The summed E-state index contributed by atoms with van der Waals surface area (Å²) in [5.41, 5.74) is 0.414. The summed E-state index contributed by atoms with van der Waals surface area (Å²) >= 11 is 0. The molecule has 2 aliphatic rings. The molecule has 3 nitrogen and oxygen atoms in total. The molecule has 0 aromatic heterocycles. The summed E-state index contributed by atoms with van der Waals surface area (Å²) in [7, 11) is 0. The van der Waals surface area contributed by atoms with Gasteiger partial charge in [-0.05, 0) is 31.1 Å². The van der Waals surface area contributed by atoms with E-state index in [9.17, 15) is 4.79 Å². The van der Waals surface area contributed by atoms with Crippen LogP contribution in [-0.4, -0.2) is 23.7 Å². The molecule has 0 bridgehead atoms. The van der Waals surface area contributed by atoms with Gasteiger partial charge in [0.05, 0.1) is 5.92 Å². The monoisotopic (exact) mass is 225 g/mol. The van der Waals surface area contributed by atoms with Gasteiger partial charge in [-0.2, -0.15) is 0 Å². The van der Waals surface area contributed by atoms with Crippen molar-refractivity contribution in [3.05, 3.63) is 0 Å². The van der Waals surface area contributed by atoms with Crippen molar-refractivity contribution in [1.82, 2.24) is 5.32 Å². The predicted molar refractivity (Wildman–Crippen MR) is 63.3 cm³/mol. The number of carboxylic acids is 1. The Morgan fingerprint density at radius 3 is 2.50 bits per heavy atom. The summed E-state index contributed by atoms with van der Waals surface area (Å²) < 4.78 is 0. The molecule has 0 aliphatic heterocycles. The van der Waals surface area contributed by atoms with Crippen molar-refractivity contribution in [2.24, 2.45) is 11.3 Å². The van der Waals surface area contributed by atoms with Crippen molar-refractivity contribution in [3.8, 4) is 0 Å². The van der Waals surface area contributed by atoms with Crippen molar-refractivity contribution < 1.29 is 9.90 Å². The van der Waals surface area contributed by atoms with Crippen molar-refractivity contribution in [1.29, 1.82) is 0 Å². The average molecular weight is 225 g/mol. The van der Waals surface area contributed by atoms with Crippen LogP contribution in [0, 0.1) is 11.3 Å². The van der Waals surface area contributed by atoms with Gasteiger partial charge in [0.2, 0.25) is 0 Å². The summed E-state index contributed by atoms with van der Waals surface area (Å²) in [6.45, 7) is 3.34. The molecule has 2 rings (SSSR count). The zero-order chi connectivity index (χ0) is 11.6. The van der Waals surface area contributed by atoms with Gasteiger partial charge in [0.1, 0.15) is 0 Å². The van der Waals surface area contributed by atoms with Gasteiger partial charge in [-0.15, -0.1) is 0 Å². The SMILES string of the molecule is CC1(CNC2CCC2C(=O)O)CCCCC1. The van der Waals surface area contributed by atoms with Crippen LogP contribution in [0.1, 0.15) is 51.9 Å². The average Bonchev–Trinajstić information content (AvgIpc) is 2.16. The van der Waals surface area contributed by atoms with Crippen molar-refractivity contribution in [2.75, 3.05) is 6.54 Å². The van der Waals surface area contributed by atoms with E-state index in [1.165, 1.54) is 32.1 Å². The normalized spacial score (nSPS) is 33.1. The van der Waals surface area contributed by atoms with Crippen molar-refractivity contribution in [2.45, 2.75) is 57.9 Å². The van der Waals surface area contributed by atoms with E-state index in [4.69, 9.17) is 5.11 Å². The summed E-state index contributed by atoms with van der Waals surface area (Å²) in [4.78, 5) is 10.9. The van der Waals surface area contributed by atoms with Crippen LogP contribution >= 0.6 is 0 Å². The second-order valence-electron chi connectivity index (χ2n) is 5.88. The van der Waals surface area contributed by atoms with Crippen LogP contribution in [0.4, 0.5) is 0 Å². The fourth-order valence-electron chi connectivity index (χ4n) is 3.00. The molecule has 0 saturated heterocycles. The highest BCUT2D eigenvalue weighted by Crippen LogP contribution is 2.36. The first-order valence-corrected chi connectivity index (χ1v) is 6.57. The lowest BCUT2D eigenvalue weighted by Gasteiger charge is -2.39. The van der Waals surface area contributed by atoms with Gasteiger partial charge in [0.25, 0.3) is 0 Å². The summed E-state index contributed by atoms with van der Waals surface area (Å²) in [5.74, 6) is -0.760. The summed E-state index contributed by atoms with van der Waals surface area (Å²) in [5, 5.41) is 12.4. The van der Waals surface area contributed by atoms with E-state index >= 15 is 0 Å².